The fourth-order valence-electron chi connectivity index (χ4n) is 2.40. The van der Waals surface area contributed by atoms with E-state index in [2.05, 4.69) is 0 Å². The number of nitrogens with two attached hydrogens (primary N) is 2. The molecule has 0 bridgehead atoms. The Labute approximate surface area is 124 Å². The second-order valence-corrected chi connectivity index (χ2v) is 6.68. The van der Waals surface area contributed by atoms with E-state index >= 15 is 0 Å². The van der Waals surface area contributed by atoms with Crippen molar-refractivity contribution in [1.82, 2.24) is 0 Å². The standard InChI is InChI=1S/C11H13FN4O5S/c12-7-2-10(8(13)3-9(7)16(18)19)15-4-6(1-11(15)17)5-22(14,20)21/h2-3,6H,1,4-5,13H2,(H2,14,20,21). The molecule has 1 unspecified atom stereocenters. The van der Waals surface area contributed by atoms with Crippen molar-refractivity contribution in [2.24, 2.45) is 11.1 Å². The quantitative estimate of drug-likeness (QED) is 0.448. The highest BCUT2D eigenvalue weighted by Crippen LogP contribution is 2.34. The van der Waals surface area contributed by atoms with Crippen LogP contribution in [-0.2, 0) is 14.8 Å². The van der Waals surface area contributed by atoms with E-state index in [-0.39, 0.29) is 30.1 Å². The molecule has 1 heterocycles. The Hall–Kier alpha value is -2.27. The van der Waals surface area contributed by atoms with Crippen LogP contribution in [-0.4, -0.2) is 31.5 Å². The minimum atomic E-state index is -3.75. The number of nitro groups is 1. The number of halogens is 1. The van der Waals surface area contributed by atoms with E-state index < -0.39 is 38.3 Å². The van der Waals surface area contributed by atoms with Gasteiger partial charge in [-0.15, -0.1) is 0 Å². The zero-order valence-corrected chi connectivity index (χ0v) is 12.0. The Morgan fingerprint density at radius 2 is 2.09 bits per heavy atom. The first-order chi connectivity index (χ1) is 10.1. The van der Waals surface area contributed by atoms with Crippen LogP contribution >= 0.6 is 0 Å². The first kappa shape index (κ1) is 16.1. The van der Waals surface area contributed by atoms with Gasteiger partial charge in [0.05, 0.1) is 22.1 Å². The molecule has 4 N–H and O–H groups in total. The van der Waals surface area contributed by atoms with Gasteiger partial charge in [-0.3, -0.25) is 14.9 Å². The van der Waals surface area contributed by atoms with Crippen LogP contribution in [0.4, 0.5) is 21.5 Å². The number of nitrogens with zero attached hydrogens (tertiary/aromatic N) is 2. The van der Waals surface area contributed by atoms with Crippen molar-refractivity contribution in [2.45, 2.75) is 6.42 Å². The third-order valence-electron chi connectivity index (χ3n) is 3.26. The average Bonchev–Trinajstić information content (AvgIpc) is 2.69. The smallest absolute Gasteiger partial charge is 0.306 e. The molecular weight excluding hydrogens is 319 g/mol. The monoisotopic (exact) mass is 332 g/mol. The molecule has 0 radical (unpaired) electrons. The SMILES string of the molecule is Nc1cc([N+](=O)[O-])c(F)cc1N1CC(CS(N)(=O)=O)CC1=O. The third-order valence-corrected chi connectivity index (χ3v) is 4.19. The Morgan fingerprint density at radius 1 is 1.45 bits per heavy atom. The van der Waals surface area contributed by atoms with Crippen LogP contribution in [0.1, 0.15) is 6.42 Å². The van der Waals surface area contributed by atoms with Gasteiger partial charge in [-0.05, 0) is 0 Å². The summed E-state index contributed by atoms with van der Waals surface area (Å²) in [5, 5.41) is 15.6. The lowest BCUT2D eigenvalue weighted by Gasteiger charge is -2.18. The predicted molar refractivity (Wildman–Crippen MR) is 75.9 cm³/mol. The molecule has 0 saturated carbocycles. The summed E-state index contributed by atoms with van der Waals surface area (Å²) >= 11 is 0. The molecule has 1 aromatic carbocycles. The van der Waals surface area contributed by atoms with E-state index in [1.165, 1.54) is 0 Å². The number of rotatable bonds is 4. The van der Waals surface area contributed by atoms with Crippen molar-refractivity contribution in [3.63, 3.8) is 0 Å². The van der Waals surface area contributed by atoms with E-state index in [0.29, 0.717) is 0 Å². The fourth-order valence-corrected chi connectivity index (χ4v) is 3.28. The number of nitrogen functional groups attached to an aromatic ring is 1. The highest BCUT2D eigenvalue weighted by Gasteiger charge is 2.34. The molecule has 120 valence electrons. The second-order valence-electron chi connectivity index (χ2n) is 5.02. The van der Waals surface area contributed by atoms with Crippen molar-refractivity contribution in [3.05, 3.63) is 28.1 Å². The van der Waals surface area contributed by atoms with Crippen LogP contribution in [0.3, 0.4) is 0 Å². The Morgan fingerprint density at radius 3 is 2.64 bits per heavy atom. The molecule has 1 aliphatic heterocycles. The summed E-state index contributed by atoms with van der Waals surface area (Å²) in [4.78, 5) is 22.7. The lowest BCUT2D eigenvalue weighted by atomic mass is 10.1. The van der Waals surface area contributed by atoms with Gasteiger partial charge in [0.25, 0.3) is 0 Å². The van der Waals surface area contributed by atoms with Gasteiger partial charge in [0.15, 0.2) is 0 Å². The number of primary sulfonamides is 1. The second kappa shape index (κ2) is 5.50. The van der Waals surface area contributed by atoms with Crippen molar-refractivity contribution in [1.29, 1.82) is 0 Å². The van der Waals surface area contributed by atoms with Crippen LogP contribution in [0.5, 0.6) is 0 Å². The topological polar surface area (TPSA) is 150 Å². The lowest BCUT2D eigenvalue weighted by molar-refractivity contribution is -0.387. The van der Waals surface area contributed by atoms with E-state index in [4.69, 9.17) is 10.9 Å². The largest absolute Gasteiger partial charge is 0.397 e. The number of amides is 1. The highest BCUT2D eigenvalue weighted by molar-refractivity contribution is 7.89. The average molecular weight is 332 g/mol. The molecule has 22 heavy (non-hydrogen) atoms. The molecule has 1 amide bonds. The van der Waals surface area contributed by atoms with E-state index in [9.17, 15) is 27.7 Å². The third kappa shape index (κ3) is 3.31. The molecule has 9 nitrogen and oxygen atoms in total. The van der Waals surface area contributed by atoms with Gasteiger partial charge in [-0.25, -0.2) is 13.6 Å². The van der Waals surface area contributed by atoms with Gasteiger partial charge in [0.2, 0.25) is 21.7 Å². The molecule has 0 aliphatic carbocycles. The summed E-state index contributed by atoms with van der Waals surface area (Å²) in [6, 6.07) is 1.62. The van der Waals surface area contributed by atoms with Crippen LogP contribution in [0, 0.1) is 21.8 Å². The number of sulfonamides is 1. The lowest BCUT2D eigenvalue weighted by Crippen LogP contribution is -2.28. The molecule has 1 aliphatic rings. The molecule has 1 aromatic rings. The van der Waals surface area contributed by atoms with Crippen molar-refractivity contribution in [2.75, 3.05) is 22.9 Å². The summed E-state index contributed by atoms with van der Waals surface area (Å²) in [5.74, 6) is -2.50. The Kier molecular flexibility index (Phi) is 4.02. The normalized spacial score (nSPS) is 18.7. The summed E-state index contributed by atoms with van der Waals surface area (Å²) in [6.45, 7) is -0.00326. The molecular formula is C11H13FN4O5S. The number of hydrogen-bond acceptors (Lipinski definition) is 6. The Balaban J connectivity index is 2.31. The van der Waals surface area contributed by atoms with Gasteiger partial charge in [-0.1, -0.05) is 0 Å². The Bertz CT molecular complexity index is 751. The van der Waals surface area contributed by atoms with E-state index in [1.807, 2.05) is 0 Å². The maximum absolute atomic E-state index is 13.7. The maximum Gasteiger partial charge on any atom is 0.306 e. The van der Waals surface area contributed by atoms with Gasteiger partial charge in [-0.2, -0.15) is 4.39 Å². The zero-order valence-electron chi connectivity index (χ0n) is 11.2. The molecule has 0 aromatic heterocycles. The molecule has 1 saturated heterocycles. The minimum absolute atomic E-state index is 0.00326. The van der Waals surface area contributed by atoms with E-state index in [0.717, 1.165) is 17.0 Å². The number of nitro benzene ring substituents is 1. The first-order valence-electron chi connectivity index (χ1n) is 6.12. The van der Waals surface area contributed by atoms with Crippen molar-refractivity contribution in [3.8, 4) is 0 Å². The van der Waals surface area contributed by atoms with Gasteiger partial charge in [0.1, 0.15) is 0 Å². The molecule has 0 spiro atoms. The fraction of sp³-hybridized carbons (Fsp3) is 0.364. The van der Waals surface area contributed by atoms with Crippen LogP contribution in [0.2, 0.25) is 0 Å². The number of hydrogen-bond donors (Lipinski definition) is 2. The van der Waals surface area contributed by atoms with E-state index in [1.54, 1.807) is 0 Å². The van der Waals surface area contributed by atoms with Crippen LogP contribution in [0.25, 0.3) is 0 Å². The van der Waals surface area contributed by atoms with Gasteiger partial charge < -0.3 is 10.6 Å². The molecule has 2 rings (SSSR count). The van der Waals surface area contributed by atoms with Gasteiger partial charge >= 0.3 is 5.69 Å². The van der Waals surface area contributed by atoms with Gasteiger partial charge in [0, 0.05) is 31.0 Å². The maximum atomic E-state index is 13.7. The number of carbonyl (C=O) groups excluding carboxylic acids is 1. The van der Waals surface area contributed by atoms with Crippen molar-refractivity contribution >= 4 is 33.0 Å². The molecule has 1 fully saturated rings. The number of benzene rings is 1. The summed E-state index contributed by atoms with van der Waals surface area (Å²) < 4.78 is 35.8. The summed E-state index contributed by atoms with van der Waals surface area (Å²) in [7, 11) is -3.75. The summed E-state index contributed by atoms with van der Waals surface area (Å²) in [5.41, 5.74) is 4.67. The number of carbonyl (C=O) groups is 1. The van der Waals surface area contributed by atoms with Crippen LogP contribution < -0.4 is 15.8 Å². The molecule has 11 heteroatoms. The predicted octanol–water partition coefficient (Wildman–Crippen LogP) is -0.0425. The van der Waals surface area contributed by atoms with Crippen molar-refractivity contribution < 1.29 is 22.5 Å². The number of anilines is 2. The highest BCUT2D eigenvalue weighted by atomic mass is 32.2. The minimum Gasteiger partial charge on any atom is -0.397 e. The molecule has 1 atom stereocenters. The zero-order chi connectivity index (χ0) is 16.7. The summed E-state index contributed by atoms with van der Waals surface area (Å²) in [6.07, 6.45) is -0.0749. The van der Waals surface area contributed by atoms with Crippen LogP contribution in [0.15, 0.2) is 12.1 Å². The first-order valence-corrected chi connectivity index (χ1v) is 7.84.